The predicted molar refractivity (Wildman–Crippen MR) is 56.8 cm³/mol. The smallest absolute Gasteiger partial charge is 0.142 e. The molecule has 0 fully saturated rings. The van der Waals surface area contributed by atoms with E-state index in [4.69, 9.17) is 16.3 Å². The quantitative estimate of drug-likeness (QED) is 0.805. The van der Waals surface area contributed by atoms with E-state index in [0.29, 0.717) is 6.61 Å². The maximum Gasteiger partial charge on any atom is 0.142 e. The lowest BCUT2D eigenvalue weighted by molar-refractivity contribution is 0.342. The molecule has 0 aromatic heterocycles. The number of hydrogen-bond donors (Lipinski definition) is 1. The van der Waals surface area contributed by atoms with Gasteiger partial charge in [0.15, 0.2) is 0 Å². The Labute approximate surface area is 83.9 Å². The summed E-state index contributed by atoms with van der Waals surface area (Å²) >= 11 is 5.86. The van der Waals surface area contributed by atoms with Gasteiger partial charge in [0.25, 0.3) is 0 Å². The second-order valence-corrected chi connectivity index (χ2v) is 3.04. The molecule has 1 rings (SSSR count). The summed E-state index contributed by atoms with van der Waals surface area (Å²) in [4.78, 5) is 0. The van der Waals surface area contributed by atoms with Gasteiger partial charge in [-0.2, -0.15) is 0 Å². The van der Waals surface area contributed by atoms with Crippen molar-refractivity contribution in [3.05, 3.63) is 23.2 Å². The molecule has 0 saturated carbocycles. The Morgan fingerprint density at radius 2 is 2.15 bits per heavy atom. The summed E-state index contributed by atoms with van der Waals surface area (Å²) in [6.07, 6.45) is 0. The first-order chi connectivity index (χ1) is 6.27. The zero-order valence-electron chi connectivity index (χ0n) is 7.93. The van der Waals surface area contributed by atoms with Crippen LogP contribution in [0.5, 0.6) is 5.75 Å². The molecule has 0 spiro atoms. The molecule has 0 aliphatic carbocycles. The van der Waals surface area contributed by atoms with Gasteiger partial charge in [0, 0.05) is 11.6 Å². The van der Waals surface area contributed by atoms with Gasteiger partial charge in [-0.15, -0.1) is 0 Å². The van der Waals surface area contributed by atoms with Gasteiger partial charge in [-0.3, -0.25) is 0 Å². The number of hydrogen-bond acceptors (Lipinski definition) is 2. The third-order valence-electron chi connectivity index (χ3n) is 1.61. The van der Waals surface area contributed by atoms with E-state index in [1.807, 2.05) is 32.0 Å². The molecule has 2 nitrogen and oxygen atoms in total. The van der Waals surface area contributed by atoms with Crippen LogP contribution in [0.15, 0.2) is 18.2 Å². The number of benzene rings is 1. The van der Waals surface area contributed by atoms with Crippen molar-refractivity contribution in [2.45, 2.75) is 13.8 Å². The molecule has 0 unspecified atom stereocenters. The first-order valence-corrected chi connectivity index (χ1v) is 4.82. The second kappa shape index (κ2) is 4.97. The van der Waals surface area contributed by atoms with Gasteiger partial charge in [-0.05, 0) is 32.0 Å². The van der Waals surface area contributed by atoms with Gasteiger partial charge >= 0.3 is 0 Å². The van der Waals surface area contributed by atoms with Crippen LogP contribution in [0.4, 0.5) is 5.69 Å². The van der Waals surface area contributed by atoms with Crippen LogP contribution in [0, 0.1) is 0 Å². The van der Waals surface area contributed by atoms with Crippen molar-refractivity contribution in [3.63, 3.8) is 0 Å². The summed E-state index contributed by atoms with van der Waals surface area (Å²) in [6.45, 7) is 5.53. The minimum absolute atomic E-state index is 0.667. The first kappa shape index (κ1) is 10.2. The molecule has 0 bridgehead atoms. The third-order valence-corrected chi connectivity index (χ3v) is 1.84. The van der Waals surface area contributed by atoms with Crippen molar-refractivity contribution in [2.24, 2.45) is 0 Å². The van der Waals surface area contributed by atoms with Gasteiger partial charge in [-0.1, -0.05) is 11.6 Å². The SMILES string of the molecule is CCNc1cc(Cl)ccc1OCC. The van der Waals surface area contributed by atoms with Crippen molar-refractivity contribution in [2.75, 3.05) is 18.5 Å². The van der Waals surface area contributed by atoms with E-state index in [-0.39, 0.29) is 0 Å². The molecule has 0 radical (unpaired) electrons. The van der Waals surface area contributed by atoms with E-state index < -0.39 is 0 Å². The molecule has 0 aliphatic rings. The Morgan fingerprint density at radius 3 is 2.77 bits per heavy atom. The van der Waals surface area contributed by atoms with Crippen LogP contribution in [-0.4, -0.2) is 13.2 Å². The molecular weight excluding hydrogens is 186 g/mol. The average molecular weight is 200 g/mol. The standard InChI is InChI=1S/C10H14ClNO/c1-3-12-9-7-8(11)5-6-10(9)13-4-2/h5-7,12H,3-4H2,1-2H3. The molecule has 0 heterocycles. The normalized spacial score (nSPS) is 9.77. The van der Waals surface area contributed by atoms with Gasteiger partial charge in [-0.25, -0.2) is 0 Å². The summed E-state index contributed by atoms with van der Waals surface area (Å²) in [5, 5.41) is 3.91. The van der Waals surface area contributed by atoms with Crippen LogP contribution < -0.4 is 10.1 Å². The minimum Gasteiger partial charge on any atom is -0.492 e. The number of rotatable bonds is 4. The highest BCUT2D eigenvalue weighted by Gasteiger charge is 2.02. The molecule has 1 aromatic rings. The number of halogens is 1. The maximum absolute atomic E-state index is 5.86. The topological polar surface area (TPSA) is 21.3 Å². The fourth-order valence-corrected chi connectivity index (χ4v) is 1.28. The predicted octanol–water partition coefficient (Wildman–Crippen LogP) is 3.17. The maximum atomic E-state index is 5.86. The Bertz CT molecular complexity index is 276. The number of ether oxygens (including phenoxy) is 1. The number of anilines is 1. The first-order valence-electron chi connectivity index (χ1n) is 4.44. The zero-order valence-corrected chi connectivity index (χ0v) is 8.69. The van der Waals surface area contributed by atoms with E-state index in [9.17, 15) is 0 Å². The van der Waals surface area contributed by atoms with Crippen LogP contribution >= 0.6 is 11.6 Å². The van der Waals surface area contributed by atoms with E-state index >= 15 is 0 Å². The van der Waals surface area contributed by atoms with E-state index in [1.54, 1.807) is 0 Å². The summed E-state index contributed by atoms with van der Waals surface area (Å²) in [5.74, 6) is 0.855. The van der Waals surface area contributed by atoms with Crippen molar-refractivity contribution in [3.8, 4) is 5.75 Å². The molecule has 1 aromatic carbocycles. The molecule has 1 N–H and O–H groups in total. The molecular formula is C10H14ClNO. The Hall–Kier alpha value is -0.890. The monoisotopic (exact) mass is 199 g/mol. The highest BCUT2D eigenvalue weighted by Crippen LogP contribution is 2.27. The Kier molecular flexibility index (Phi) is 3.90. The lowest BCUT2D eigenvalue weighted by atomic mass is 10.3. The largest absolute Gasteiger partial charge is 0.492 e. The number of nitrogens with one attached hydrogen (secondary N) is 1. The van der Waals surface area contributed by atoms with Crippen molar-refractivity contribution >= 4 is 17.3 Å². The lowest BCUT2D eigenvalue weighted by Gasteiger charge is -2.10. The Morgan fingerprint density at radius 1 is 1.38 bits per heavy atom. The van der Waals surface area contributed by atoms with Gasteiger partial charge in [0.05, 0.1) is 12.3 Å². The van der Waals surface area contributed by atoms with Crippen molar-refractivity contribution in [1.29, 1.82) is 0 Å². The zero-order chi connectivity index (χ0) is 9.68. The molecule has 72 valence electrons. The average Bonchev–Trinajstić information content (AvgIpc) is 2.10. The van der Waals surface area contributed by atoms with Crippen LogP contribution in [-0.2, 0) is 0 Å². The molecule has 0 saturated heterocycles. The van der Waals surface area contributed by atoms with Crippen LogP contribution in [0.25, 0.3) is 0 Å². The van der Waals surface area contributed by atoms with E-state index in [1.165, 1.54) is 0 Å². The van der Waals surface area contributed by atoms with Crippen LogP contribution in [0.2, 0.25) is 5.02 Å². The highest BCUT2D eigenvalue weighted by molar-refractivity contribution is 6.30. The fraction of sp³-hybridized carbons (Fsp3) is 0.400. The van der Waals surface area contributed by atoms with Gasteiger partial charge in [0.1, 0.15) is 5.75 Å². The summed E-state index contributed by atoms with van der Waals surface area (Å²) < 4.78 is 5.42. The highest BCUT2D eigenvalue weighted by atomic mass is 35.5. The van der Waals surface area contributed by atoms with Crippen LogP contribution in [0.1, 0.15) is 13.8 Å². The molecule has 0 atom stereocenters. The second-order valence-electron chi connectivity index (χ2n) is 2.60. The third kappa shape index (κ3) is 2.81. The van der Waals surface area contributed by atoms with Crippen molar-refractivity contribution in [1.82, 2.24) is 0 Å². The molecule has 3 heteroatoms. The Balaban J connectivity index is 2.89. The summed E-state index contributed by atoms with van der Waals surface area (Å²) in [7, 11) is 0. The van der Waals surface area contributed by atoms with E-state index in [2.05, 4.69) is 5.32 Å². The van der Waals surface area contributed by atoms with Gasteiger partial charge < -0.3 is 10.1 Å². The summed E-state index contributed by atoms with van der Waals surface area (Å²) in [5.41, 5.74) is 0.955. The van der Waals surface area contributed by atoms with E-state index in [0.717, 1.165) is 23.0 Å². The molecule has 13 heavy (non-hydrogen) atoms. The lowest BCUT2D eigenvalue weighted by Crippen LogP contribution is -2.01. The van der Waals surface area contributed by atoms with Crippen molar-refractivity contribution < 1.29 is 4.74 Å². The fourth-order valence-electron chi connectivity index (χ4n) is 1.11. The van der Waals surface area contributed by atoms with Crippen LogP contribution in [0.3, 0.4) is 0 Å². The van der Waals surface area contributed by atoms with Gasteiger partial charge in [0.2, 0.25) is 0 Å². The molecule has 0 aliphatic heterocycles. The minimum atomic E-state index is 0.667. The molecule has 0 amide bonds. The summed E-state index contributed by atoms with van der Waals surface area (Å²) in [6, 6.07) is 5.58.